The number of morpholine rings is 1. The summed E-state index contributed by atoms with van der Waals surface area (Å²) in [6, 6.07) is 14.5. The van der Waals surface area contributed by atoms with Gasteiger partial charge >= 0.3 is 5.97 Å². The topological polar surface area (TPSA) is 116 Å². The second-order valence-electron chi connectivity index (χ2n) is 7.22. The largest absolute Gasteiger partial charge is 0.478 e. The van der Waals surface area contributed by atoms with Gasteiger partial charge in [0.1, 0.15) is 5.82 Å². The fraction of sp³-hybridized carbons (Fsp3) is 0.182. The number of benzene rings is 2. The summed E-state index contributed by atoms with van der Waals surface area (Å²) in [4.78, 5) is 22.9. The highest BCUT2D eigenvalue weighted by Crippen LogP contribution is 2.27. The molecular weight excluding hydrogens is 396 g/mol. The van der Waals surface area contributed by atoms with Crippen molar-refractivity contribution in [3.63, 3.8) is 0 Å². The lowest BCUT2D eigenvalue weighted by atomic mass is 10.1. The molecule has 1 aliphatic rings. The molecule has 0 unspecified atom stereocenters. The summed E-state index contributed by atoms with van der Waals surface area (Å²) < 4.78 is 5.45. The predicted molar refractivity (Wildman–Crippen MR) is 117 cm³/mol. The third kappa shape index (κ3) is 4.03. The van der Waals surface area contributed by atoms with Crippen LogP contribution in [0.4, 0.5) is 17.5 Å². The van der Waals surface area contributed by atoms with E-state index in [0.717, 1.165) is 16.6 Å². The molecule has 0 radical (unpaired) electrons. The highest BCUT2D eigenvalue weighted by Gasteiger charge is 2.17. The molecule has 1 aliphatic heterocycles. The van der Waals surface area contributed by atoms with Crippen LogP contribution in [0.15, 0.2) is 54.7 Å². The molecule has 0 atom stereocenters. The Balaban J connectivity index is 1.55. The van der Waals surface area contributed by atoms with Crippen molar-refractivity contribution in [3.05, 3.63) is 60.3 Å². The maximum Gasteiger partial charge on any atom is 0.335 e. The Morgan fingerprint density at radius 3 is 2.81 bits per heavy atom. The molecule has 3 N–H and O–H groups in total. The van der Waals surface area contributed by atoms with Crippen molar-refractivity contribution in [2.45, 2.75) is 0 Å². The molecular formula is C22H20N6O3. The Hall–Kier alpha value is -3.98. The van der Waals surface area contributed by atoms with Crippen molar-refractivity contribution < 1.29 is 14.6 Å². The Labute approximate surface area is 177 Å². The van der Waals surface area contributed by atoms with Crippen LogP contribution in [0.25, 0.3) is 22.2 Å². The molecule has 9 heteroatoms. The zero-order valence-corrected chi connectivity index (χ0v) is 16.6. The van der Waals surface area contributed by atoms with E-state index in [0.29, 0.717) is 49.3 Å². The van der Waals surface area contributed by atoms with Gasteiger partial charge in [0.2, 0.25) is 5.95 Å². The monoisotopic (exact) mass is 416 g/mol. The first-order chi connectivity index (χ1) is 15.2. The molecule has 1 saturated heterocycles. The molecule has 3 heterocycles. The second kappa shape index (κ2) is 8.04. The Kier molecular flexibility index (Phi) is 4.93. The van der Waals surface area contributed by atoms with Gasteiger partial charge in [0.05, 0.1) is 36.2 Å². The first-order valence-electron chi connectivity index (χ1n) is 9.91. The van der Waals surface area contributed by atoms with Gasteiger partial charge in [-0.1, -0.05) is 12.1 Å². The number of rotatable bonds is 5. The lowest BCUT2D eigenvalue weighted by Gasteiger charge is -2.27. The van der Waals surface area contributed by atoms with Crippen molar-refractivity contribution in [1.29, 1.82) is 0 Å². The standard InChI is InChI=1S/C22H20N6O3/c29-21(30)15-3-1-2-14(10-15)19-12-20(26-22(25-19)28-6-8-31-9-7-28)24-17-4-5-18-16(11-17)13-23-27-18/h1-5,10-13H,6-9H2,(H,23,27)(H,29,30)(H,24,25,26). The number of anilines is 3. The number of hydrogen-bond acceptors (Lipinski definition) is 7. The van der Waals surface area contributed by atoms with E-state index in [1.54, 1.807) is 24.4 Å². The zero-order valence-electron chi connectivity index (χ0n) is 16.6. The van der Waals surface area contributed by atoms with Crippen LogP contribution in [0.2, 0.25) is 0 Å². The highest BCUT2D eigenvalue weighted by molar-refractivity contribution is 5.89. The van der Waals surface area contributed by atoms with Crippen molar-refractivity contribution >= 4 is 34.3 Å². The lowest BCUT2D eigenvalue weighted by Crippen LogP contribution is -2.37. The summed E-state index contributed by atoms with van der Waals surface area (Å²) in [6.07, 6.45) is 1.77. The summed E-state index contributed by atoms with van der Waals surface area (Å²) in [5.74, 6) is 0.222. The number of nitrogens with one attached hydrogen (secondary N) is 2. The number of aromatic carboxylic acids is 1. The van der Waals surface area contributed by atoms with Crippen molar-refractivity contribution in [2.24, 2.45) is 0 Å². The minimum absolute atomic E-state index is 0.212. The van der Waals surface area contributed by atoms with Gasteiger partial charge in [-0.2, -0.15) is 10.1 Å². The number of H-pyrrole nitrogens is 1. The summed E-state index contributed by atoms with van der Waals surface area (Å²) in [5, 5.41) is 20.7. The van der Waals surface area contributed by atoms with Gasteiger partial charge in [-0.05, 0) is 30.3 Å². The first kappa shape index (κ1) is 19.0. The van der Waals surface area contributed by atoms with Gasteiger partial charge in [0, 0.05) is 35.8 Å². The zero-order chi connectivity index (χ0) is 21.2. The number of fused-ring (bicyclic) bond motifs is 1. The molecule has 9 nitrogen and oxygen atoms in total. The van der Waals surface area contributed by atoms with Crippen molar-refractivity contribution in [1.82, 2.24) is 20.2 Å². The lowest BCUT2D eigenvalue weighted by molar-refractivity contribution is 0.0697. The van der Waals surface area contributed by atoms with Gasteiger partial charge in [-0.15, -0.1) is 0 Å². The number of ether oxygens (including phenoxy) is 1. The van der Waals surface area contributed by atoms with Crippen LogP contribution in [-0.2, 0) is 4.74 Å². The van der Waals surface area contributed by atoms with Crippen LogP contribution < -0.4 is 10.2 Å². The molecule has 0 amide bonds. The molecule has 2 aromatic heterocycles. The van der Waals surface area contributed by atoms with Crippen molar-refractivity contribution in [3.8, 4) is 11.3 Å². The van der Waals surface area contributed by atoms with Crippen LogP contribution in [0.3, 0.4) is 0 Å². The number of carboxylic acids is 1. The van der Waals surface area contributed by atoms with Gasteiger partial charge in [-0.3, -0.25) is 5.10 Å². The predicted octanol–water partition coefficient (Wildman–Crippen LogP) is 3.30. The van der Waals surface area contributed by atoms with Gasteiger partial charge < -0.3 is 20.1 Å². The summed E-state index contributed by atoms with van der Waals surface area (Å²) in [6.45, 7) is 2.61. The van der Waals surface area contributed by atoms with Gasteiger partial charge in [-0.25, -0.2) is 9.78 Å². The quantitative estimate of drug-likeness (QED) is 0.454. The normalized spacial score (nSPS) is 14.0. The van der Waals surface area contributed by atoms with Crippen LogP contribution in [0.1, 0.15) is 10.4 Å². The average molecular weight is 416 g/mol. The van der Waals surface area contributed by atoms with Gasteiger partial charge in [0.25, 0.3) is 0 Å². The maximum atomic E-state index is 11.4. The summed E-state index contributed by atoms with van der Waals surface area (Å²) >= 11 is 0. The number of nitrogens with zero attached hydrogens (tertiary/aromatic N) is 4. The third-order valence-electron chi connectivity index (χ3n) is 5.13. The van der Waals surface area contributed by atoms with Crippen LogP contribution in [0, 0.1) is 0 Å². The fourth-order valence-electron chi connectivity index (χ4n) is 3.53. The molecule has 0 bridgehead atoms. The molecule has 2 aromatic carbocycles. The average Bonchev–Trinajstić information content (AvgIpc) is 3.27. The van der Waals surface area contributed by atoms with E-state index < -0.39 is 5.97 Å². The van der Waals surface area contributed by atoms with Crippen LogP contribution in [0.5, 0.6) is 0 Å². The van der Waals surface area contributed by atoms with E-state index in [1.165, 1.54) is 0 Å². The molecule has 31 heavy (non-hydrogen) atoms. The maximum absolute atomic E-state index is 11.4. The molecule has 0 aliphatic carbocycles. The smallest absolute Gasteiger partial charge is 0.335 e. The van der Waals surface area contributed by atoms with Gasteiger partial charge in [0.15, 0.2) is 0 Å². The van der Waals surface area contributed by atoms with E-state index in [9.17, 15) is 9.90 Å². The number of aromatic amines is 1. The van der Waals surface area contributed by atoms with Crippen molar-refractivity contribution in [2.75, 3.05) is 36.5 Å². The minimum atomic E-state index is -0.976. The molecule has 156 valence electrons. The first-order valence-corrected chi connectivity index (χ1v) is 9.91. The van der Waals surface area contributed by atoms with E-state index in [1.807, 2.05) is 30.3 Å². The van der Waals surface area contributed by atoms with E-state index in [2.05, 4.69) is 20.4 Å². The molecule has 4 aromatic rings. The summed E-state index contributed by atoms with van der Waals surface area (Å²) in [7, 11) is 0. The molecule has 0 spiro atoms. The van der Waals surface area contributed by atoms with Crippen LogP contribution >= 0.6 is 0 Å². The second-order valence-corrected chi connectivity index (χ2v) is 7.22. The highest BCUT2D eigenvalue weighted by atomic mass is 16.5. The number of carbonyl (C=O) groups is 1. The number of carboxylic acid groups (broad SMARTS) is 1. The van der Waals surface area contributed by atoms with E-state index in [4.69, 9.17) is 14.7 Å². The van der Waals surface area contributed by atoms with E-state index in [-0.39, 0.29) is 5.56 Å². The molecule has 1 fully saturated rings. The SMILES string of the molecule is O=C(O)c1cccc(-c2cc(Nc3ccc4[nH]ncc4c3)nc(N3CCOCC3)n2)c1. The van der Waals surface area contributed by atoms with E-state index >= 15 is 0 Å². The Morgan fingerprint density at radius 2 is 1.97 bits per heavy atom. The number of hydrogen-bond donors (Lipinski definition) is 3. The van der Waals surface area contributed by atoms with Crippen LogP contribution in [-0.4, -0.2) is 57.5 Å². The Morgan fingerprint density at radius 1 is 1.10 bits per heavy atom. The number of aromatic nitrogens is 4. The Bertz CT molecular complexity index is 1250. The molecule has 5 rings (SSSR count). The molecule has 0 saturated carbocycles. The fourth-order valence-corrected chi connectivity index (χ4v) is 3.53. The summed E-state index contributed by atoms with van der Waals surface area (Å²) in [5.41, 5.74) is 3.39. The minimum Gasteiger partial charge on any atom is -0.478 e. The third-order valence-corrected chi connectivity index (χ3v) is 5.13.